The monoisotopic (exact) mass is 213 g/mol. The van der Waals surface area contributed by atoms with E-state index in [0.29, 0.717) is 6.54 Å². The fourth-order valence-electron chi connectivity index (χ4n) is 1.70. The first-order chi connectivity index (χ1) is 6.97. The van der Waals surface area contributed by atoms with Crippen LogP contribution in [0.25, 0.3) is 0 Å². The topological polar surface area (TPSA) is 44.4 Å². The second-order valence-electron chi connectivity index (χ2n) is 5.18. The van der Waals surface area contributed by atoms with Gasteiger partial charge < -0.3 is 5.32 Å². The minimum atomic E-state index is -0.138. The number of nitrogens with zero attached hydrogens (tertiary/aromatic N) is 1. The van der Waals surface area contributed by atoms with Gasteiger partial charge in [-0.2, -0.15) is 0 Å². The molecule has 1 heterocycles. The highest BCUT2D eigenvalue weighted by molar-refractivity contribution is 5.78. The van der Waals surface area contributed by atoms with Gasteiger partial charge in [-0.1, -0.05) is 6.42 Å². The lowest BCUT2D eigenvalue weighted by Gasteiger charge is -2.28. The van der Waals surface area contributed by atoms with E-state index < -0.39 is 0 Å². The summed E-state index contributed by atoms with van der Waals surface area (Å²) in [6.07, 6.45) is 3.77. The maximum Gasteiger partial charge on any atom is 0.235 e. The minimum absolute atomic E-state index is 0.0630. The van der Waals surface area contributed by atoms with Gasteiger partial charge >= 0.3 is 0 Å². The molecule has 88 valence electrons. The Morgan fingerprint density at radius 1 is 1.20 bits per heavy atom. The Bertz CT molecular complexity index is 204. The van der Waals surface area contributed by atoms with Crippen molar-refractivity contribution in [3.05, 3.63) is 0 Å². The maximum absolute atomic E-state index is 11.5. The first-order valence-corrected chi connectivity index (χ1v) is 5.77. The van der Waals surface area contributed by atoms with Crippen molar-refractivity contribution in [3.63, 3.8) is 0 Å². The Labute approximate surface area is 92.4 Å². The molecule has 0 radical (unpaired) electrons. The van der Waals surface area contributed by atoms with Crippen LogP contribution in [0.4, 0.5) is 0 Å². The normalized spacial score (nSPS) is 18.9. The standard InChI is InChI=1S/C11H23N3O/c1-11(2,3)13-10(15)9-12-14-7-5-4-6-8-14/h12H,4-9H2,1-3H3,(H,13,15). The van der Waals surface area contributed by atoms with Gasteiger partial charge in [0.25, 0.3) is 0 Å². The van der Waals surface area contributed by atoms with Gasteiger partial charge in [0.2, 0.25) is 5.91 Å². The smallest absolute Gasteiger partial charge is 0.235 e. The Kier molecular flexibility index (Phi) is 4.54. The van der Waals surface area contributed by atoms with E-state index in [4.69, 9.17) is 0 Å². The summed E-state index contributed by atoms with van der Waals surface area (Å²) in [4.78, 5) is 11.5. The number of rotatable bonds is 3. The predicted octanol–water partition coefficient (Wildman–Crippen LogP) is 0.892. The van der Waals surface area contributed by atoms with Crippen molar-refractivity contribution in [1.82, 2.24) is 15.8 Å². The fourth-order valence-corrected chi connectivity index (χ4v) is 1.70. The van der Waals surface area contributed by atoms with Crippen LogP contribution >= 0.6 is 0 Å². The van der Waals surface area contributed by atoms with E-state index in [9.17, 15) is 4.79 Å². The number of carbonyl (C=O) groups is 1. The molecule has 1 aliphatic heterocycles. The van der Waals surface area contributed by atoms with E-state index in [1.54, 1.807) is 0 Å². The molecule has 0 aromatic carbocycles. The Morgan fingerprint density at radius 3 is 2.33 bits per heavy atom. The van der Waals surface area contributed by atoms with E-state index in [1.165, 1.54) is 19.3 Å². The molecule has 0 aromatic rings. The Morgan fingerprint density at radius 2 is 1.80 bits per heavy atom. The number of piperidine rings is 1. The molecule has 0 unspecified atom stereocenters. The molecule has 15 heavy (non-hydrogen) atoms. The van der Waals surface area contributed by atoms with Gasteiger partial charge in [0.05, 0.1) is 6.54 Å². The van der Waals surface area contributed by atoms with Crippen LogP contribution in [-0.2, 0) is 4.79 Å². The lowest BCUT2D eigenvalue weighted by molar-refractivity contribution is -0.122. The summed E-state index contributed by atoms with van der Waals surface area (Å²) in [7, 11) is 0. The highest BCUT2D eigenvalue weighted by Gasteiger charge is 2.15. The predicted molar refractivity (Wildman–Crippen MR) is 61.3 cm³/mol. The number of amides is 1. The van der Waals surface area contributed by atoms with Crippen molar-refractivity contribution in [2.24, 2.45) is 0 Å². The van der Waals surface area contributed by atoms with Crippen LogP contribution in [0, 0.1) is 0 Å². The number of carbonyl (C=O) groups excluding carboxylic acids is 1. The van der Waals surface area contributed by atoms with E-state index >= 15 is 0 Å². The summed E-state index contributed by atoms with van der Waals surface area (Å²) in [6, 6.07) is 0. The van der Waals surface area contributed by atoms with Gasteiger partial charge in [-0.15, -0.1) is 0 Å². The fraction of sp³-hybridized carbons (Fsp3) is 0.909. The Balaban J connectivity index is 2.15. The zero-order chi connectivity index (χ0) is 11.3. The van der Waals surface area contributed by atoms with Crippen molar-refractivity contribution in [3.8, 4) is 0 Å². The third-order valence-corrected chi connectivity index (χ3v) is 2.33. The van der Waals surface area contributed by atoms with Crippen LogP contribution in [0.1, 0.15) is 40.0 Å². The molecular formula is C11H23N3O. The minimum Gasteiger partial charge on any atom is -0.350 e. The van der Waals surface area contributed by atoms with Gasteiger partial charge in [0, 0.05) is 18.6 Å². The maximum atomic E-state index is 11.5. The average molecular weight is 213 g/mol. The summed E-state index contributed by atoms with van der Waals surface area (Å²) in [5.41, 5.74) is 3.03. The zero-order valence-corrected chi connectivity index (χ0v) is 10.1. The Hall–Kier alpha value is -0.610. The van der Waals surface area contributed by atoms with Gasteiger partial charge in [-0.05, 0) is 33.6 Å². The quantitative estimate of drug-likeness (QED) is 0.732. The average Bonchev–Trinajstić information content (AvgIpc) is 2.14. The SMILES string of the molecule is CC(C)(C)NC(=O)CNN1CCCCC1. The van der Waals surface area contributed by atoms with Gasteiger partial charge in [0.15, 0.2) is 0 Å². The molecule has 1 saturated heterocycles. The van der Waals surface area contributed by atoms with E-state index in [-0.39, 0.29) is 11.4 Å². The number of hydrogen-bond donors (Lipinski definition) is 2. The largest absolute Gasteiger partial charge is 0.350 e. The van der Waals surface area contributed by atoms with Crippen molar-refractivity contribution in [1.29, 1.82) is 0 Å². The van der Waals surface area contributed by atoms with Crippen molar-refractivity contribution in [2.75, 3.05) is 19.6 Å². The highest BCUT2D eigenvalue weighted by atomic mass is 16.2. The molecule has 0 aromatic heterocycles. The lowest BCUT2D eigenvalue weighted by atomic mass is 10.1. The lowest BCUT2D eigenvalue weighted by Crippen LogP contribution is -2.50. The molecule has 0 spiro atoms. The van der Waals surface area contributed by atoms with E-state index in [0.717, 1.165) is 13.1 Å². The molecule has 2 N–H and O–H groups in total. The first-order valence-electron chi connectivity index (χ1n) is 5.77. The third kappa shape index (κ3) is 5.74. The van der Waals surface area contributed by atoms with Crippen LogP contribution in [0.15, 0.2) is 0 Å². The molecule has 1 aliphatic rings. The van der Waals surface area contributed by atoms with E-state index in [1.807, 2.05) is 20.8 Å². The highest BCUT2D eigenvalue weighted by Crippen LogP contribution is 2.05. The van der Waals surface area contributed by atoms with Crippen LogP contribution in [0.3, 0.4) is 0 Å². The second-order valence-corrected chi connectivity index (χ2v) is 5.18. The van der Waals surface area contributed by atoms with Crippen molar-refractivity contribution < 1.29 is 4.79 Å². The molecule has 0 saturated carbocycles. The summed E-state index contributed by atoms with van der Waals surface area (Å²) in [5, 5.41) is 5.08. The van der Waals surface area contributed by atoms with Gasteiger partial charge in [-0.25, -0.2) is 10.4 Å². The molecule has 0 bridgehead atoms. The summed E-state index contributed by atoms with van der Waals surface area (Å²) < 4.78 is 0. The molecular weight excluding hydrogens is 190 g/mol. The van der Waals surface area contributed by atoms with Crippen molar-refractivity contribution >= 4 is 5.91 Å². The molecule has 1 amide bonds. The number of hydrazine groups is 1. The number of nitrogens with one attached hydrogen (secondary N) is 2. The summed E-state index contributed by atoms with van der Waals surface area (Å²) >= 11 is 0. The van der Waals surface area contributed by atoms with Crippen molar-refractivity contribution in [2.45, 2.75) is 45.6 Å². The second kappa shape index (κ2) is 5.47. The molecule has 1 rings (SSSR count). The molecule has 0 aliphatic carbocycles. The summed E-state index contributed by atoms with van der Waals surface area (Å²) in [5.74, 6) is 0.0630. The number of hydrogen-bond acceptors (Lipinski definition) is 3. The third-order valence-electron chi connectivity index (χ3n) is 2.33. The van der Waals surface area contributed by atoms with Crippen LogP contribution < -0.4 is 10.7 Å². The van der Waals surface area contributed by atoms with Crippen LogP contribution in [0.2, 0.25) is 0 Å². The van der Waals surface area contributed by atoms with E-state index in [2.05, 4.69) is 15.8 Å². The summed E-state index contributed by atoms with van der Waals surface area (Å²) in [6.45, 7) is 8.48. The molecule has 1 fully saturated rings. The molecule has 4 nitrogen and oxygen atoms in total. The first kappa shape index (κ1) is 12.5. The van der Waals surface area contributed by atoms with Crippen LogP contribution in [0.5, 0.6) is 0 Å². The molecule has 0 atom stereocenters. The zero-order valence-electron chi connectivity index (χ0n) is 10.1. The van der Waals surface area contributed by atoms with Crippen LogP contribution in [-0.4, -0.2) is 36.1 Å². The van der Waals surface area contributed by atoms with Gasteiger partial charge in [0.1, 0.15) is 0 Å². The van der Waals surface area contributed by atoms with Gasteiger partial charge in [-0.3, -0.25) is 4.79 Å². The molecule has 4 heteroatoms.